The van der Waals surface area contributed by atoms with Gasteiger partial charge in [-0.2, -0.15) is 0 Å². The number of pyridine rings is 2. The van der Waals surface area contributed by atoms with E-state index in [2.05, 4.69) is 39.1 Å². The number of hydrogen-bond acceptors (Lipinski definition) is 5. The summed E-state index contributed by atoms with van der Waals surface area (Å²) in [7, 11) is 0. The molecule has 3 rings (SSSR count). The molecule has 2 aromatic rings. The molecule has 0 radical (unpaired) electrons. The first kappa shape index (κ1) is 17.8. The summed E-state index contributed by atoms with van der Waals surface area (Å²) in [6.45, 7) is 5.13. The molecule has 0 saturated heterocycles. The van der Waals surface area contributed by atoms with Gasteiger partial charge in [-0.15, -0.1) is 0 Å². The summed E-state index contributed by atoms with van der Waals surface area (Å²) < 4.78 is 3.45. The minimum Gasteiger partial charge on any atom is -0.405 e. The standard InChI is InChI=1S/C15H16ClN3S.C2H5N/c1-10-7-11(5-6-17-10)12-8-14(15(16)18-9-12)20-19-13-3-2-4-13;1-2-3/h5-9,13,19H,2-4H2,1H3;2H,1,3H2. The minimum absolute atomic E-state index is 0.552. The van der Waals surface area contributed by atoms with Crippen molar-refractivity contribution in [3.8, 4) is 11.1 Å². The van der Waals surface area contributed by atoms with Crippen LogP contribution in [0.2, 0.25) is 5.15 Å². The number of halogens is 1. The summed E-state index contributed by atoms with van der Waals surface area (Å²) in [6, 6.07) is 6.74. The highest BCUT2D eigenvalue weighted by molar-refractivity contribution is 7.97. The average Bonchev–Trinajstić information content (AvgIpc) is 2.48. The lowest BCUT2D eigenvalue weighted by atomic mass is 9.94. The van der Waals surface area contributed by atoms with E-state index in [4.69, 9.17) is 11.6 Å². The van der Waals surface area contributed by atoms with Crippen molar-refractivity contribution in [3.63, 3.8) is 0 Å². The van der Waals surface area contributed by atoms with Crippen molar-refractivity contribution in [3.05, 3.63) is 54.2 Å². The molecule has 122 valence electrons. The topological polar surface area (TPSA) is 63.8 Å². The fraction of sp³-hybridized carbons (Fsp3) is 0.294. The largest absolute Gasteiger partial charge is 0.405 e. The molecule has 2 heterocycles. The highest BCUT2D eigenvalue weighted by Crippen LogP contribution is 2.31. The van der Waals surface area contributed by atoms with Crippen molar-refractivity contribution in [2.24, 2.45) is 5.73 Å². The molecule has 1 aliphatic carbocycles. The van der Waals surface area contributed by atoms with E-state index >= 15 is 0 Å². The summed E-state index contributed by atoms with van der Waals surface area (Å²) in [4.78, 5) is 9.49. The van der Waals surface area contributed by atoms with Crippen molar-refractivity contribution in [1.82, 2.24) is 14.7 Å². The van der Waals surface area contributed by atoms with Gasteiger partial charge in [-0.1, -0.05) is 24.6 Å². The van der Waals surface area contributed by atoms with Crippen molar-refractivity contribution in [2.45, 2.75) is 37.1 Å². The van der Waals surface area contributed by atoms with Crippen LogP contribution in [0, 0.1) is 6.92 Å². The molecule has 0 aliphatic heterocycles. The first-order valence-corrected chi connectivity index (χ1v) is 8.67. The number of aromatic nitrogens is 2. The van der Waals surface area contributed by atoms with Crippen LogP contribution in [0.3, 0.4) is 0 Å². The fourth-order valence-electron chi connectivity index (χ4n) is 2.06. The van der Waals surface area contributed by atoms with Gasteiger partial charge in [0.2, 0.25) is 0 Å². The van der Waals surface area contributed by atoms with Crippen LogP contribution in [-0.4, -0.2) is 16.0 Å². The second-order valence-electron chi connectivity index (χ2n) is 5.28. The molecule has 1 saturated carbocycles. The van der Waals surface area contributed by atoms with E-state index in [9.17, 15) is 0 Å². The van der Waals surface area contributed by atoms with Crippen LogP contribution in [-0.2, 0) is 0 Å². The SMILES string of the molecule is C=CN.Cc1cc(-c2cnc(Cl)c(SNC3CCC3)c2)ccn1. The summed E-state index contributed by atoms with van der Waals surface area (Å²) in [5.74, 6) is 0. The molecule has 3 N–H and O–H groups in total. The maximum atomic E-state index is 6.18. The molecule has 4 nitrogen and oxygen atoms in total. The van der Waals surface area contributed by atoms with Crippen LogP contribution < -0.4 is 10.5 Å². The molecule has 23 heavy (non-hydrogen) atoms. The van der Waals surface area contributed by atoms with Crippen molar-refractivity contribution >= 4 is 23.5 Å². The van der Waals surface area contributed by atoms with Crippen LogP contribution in [0.25, 0.3) is 11.1 Å². The van der Waals surface area contributed by atoms with Crippen LogP contribution in [0.1, 0.15) is 25.0 Å². The van der Waals surface area contributed by atoms with E-state index in [-0.39, 0.29) is 0 Å². The van der Waals surface area contributed by atoms with Gasteiger partial charge < -0.3 is 5.73 Å². The Morgan fingerprint density at radius 2 is 2.09 bits per heavy atom. The van der Waals surface area contributed by atoms with Gasteiger partial charge in [-0.25, -0.2) is 4.98 Å². The highest BCUT2D eigenvalue weighted by atomic mass is 35.5. The molecule has 0 bridgehead atoms. The zero-order valence-corrected chi connectivity index (χ0v) is 14.7. The molecule has 0 spiro atoms. The lowest BCUT2D eigenvalue weighted by Gasteiger charge is -2.25. The predicted octanol–water partition coefficient (Wildman–Crippen LogP) is 4.34. The third-order valence-electron chi connectivity index (χ3n) is 3.48. The Morgan fingerprint density at radius 3 is 2.70 bits per heavy atom. The van der Waals surface area contributed by atoms with Gasteiger partial charge in [0.15, 0.2) is 0 Å². The molecule has 0 atom stereocenters. The summed E-state index contributed by atoms with van der Waals surface area (Å²) in [5.41, 5.74) is 7.80. The average molecular weight is 349 g/mol. The molecule has 1 aliphatic rings. The molecule has 0 aromatic carbocycles. The van der Waals surface area contributed by atoms with Crippen LogP contribution in [0.15, 0.2) is 48.3 Å². The quantitative estimate of drug-likeness (QED) is 0.635. The lowest BCUT2D eigenvalue weighted by Crippen LogP contribution is -2.30. The van der Waals surface area contributed by atoms with Gasteiger partial charge in [-0.05, 0) is 61.7 Å². The zero-order valence-electron chi connectivity index (χ0n) is 13.1. The van der Waals surface area contributed by atoms with Crippen LogP contribution in [0.5, 0.6) is 0 Å². The Balaban J connectivity index is 0.000000595. The Labute approximate surface area is 146 Å². The molecule has 0 unspecified atom stereocenters. The van der Waals surface area contributed by atoms with Gasteiger partial charge in [0.1, 0.15) is 5.15 Å². The van der Waals surface area contributed by atoms with Gasteiger partial charge in [0.25, 0.3) is 0 Å². The summed E-state index contributed by atoms with van der Waals surface area (Å²) in [6.07, 6.45) is 8.70. The third kappa shape index (κ3) is 5.23. The first-order chi connectivity index (χ1) is 11.1. The monoisotopic (exact) mass is 348 g/mol. The fourth-order valence-corrected chi connectivity index (χ4v) is 3.13. The molecular formula is C17H21ClN4S. The number of aryl methyl sites for hydroxylation is 1. The van der Waals surface area contributed by atoms with Gasteiger partial charge in [0.05, 0.1) is 4.90 Å². The normalized spacial score (nSPS) is 13.7. The molecule has 0 amide bonds. The Hall–Kier alpha value is -1.56. The Morgan fingerprint density at radius 1 is 1.35 bits per heavy atom. The number of nitrogens with zero attached hydrogens (tertiary/aromatic N) is 2. The first-order valence-electron chi connectivity index (χ1n) is 7.47. The van der Waals surface area contributed by atoms with Gasteiger partial charge in [0, 0.05) is 29.7 Å². The van der Waals surface area contributed by atoms with Gasteiger partial charge in [-0.3, -0.25) is 9.71 Å². The highest BCUT2D eigenvalue weighted by Gasteiger charge is 2.17. The number of hydrogen-bond donors (Lipinski definition) is 2. The Kier molecular flexibility index (Phi) is 6.89. The summed E-state index contributed by atoms with van der Waals surface area (Å²) in [5, 5.41) is 0.552. The van der Waals surface area contributed by atoms with E-state index in [1.165, 1.54) is 25.5 Å². The number of rotatable bonds is 4. The molecule has 1 fully saturated rings. The smallest absolute Gasteiger partial charge is 0.143 e. The Bertz CT molecular complexity index is 659. The lowest BCUT2D eigenvalue weighted by molar-refractivity contribution is 0.395. The van der Waals surface area contributed by atoms with E-state index in [0.29, 0.717) is 11.2 Å². The number of nitrogens with one attached hydrogen (secondary N) is 1. The van der Waals surface area contributed by atoms with Crippen LogP contribution >= 0.6 is 23.5 Å². The van der Waals surface area contributed by atoms with E-state index in [1.54, 1.807) is 11.9 Å². The molecular weight excluding hydrogens is 328 g/mol. The van der Waals surface area contributed by atoms with Gasteiger partial charge >= 0.3 is 0 Å². The van der Waals surface area contributed by atoms with Crippen molar-refractivity contribution < 1.29 is 0 Å². The van der Waals surface area contributed by atoms with Crippen molar-refractivity contribution in [2.75, 3.05) is 0 Å². The summed E-state index contributed by atoms with van der Waals surface area (Å²) >= 11 is 7.76. The third-order valence-corrected chi connectivity index (χ3v) is 4.87. The predicted molar refractivity (Wildman–Crippen MR) is 98.2 cm³/mol. The maximum absolute atomic E-state index is 6.18. The van der Waals surface area contributed by atoms with E-state index < -0.39 is 0 Å². The van der Waals surface area contributed by atoms with E-state index in [0.717, 1.165) is 21.7 Å². The van der Waals surface area contributed by atoms with E-state index in [1.807, 2.05) is 25.4 Å². The second kappa shape index (κ2) is 8.91. The minimum atomic E-state index is 0.552. The van der Waals surface area contributed by atoms with Crippen molar-refractivity contribution in [1.29, 1.82) is 0 Å². The number of nitrogens with two attached hydrogens (primary N) is 1. The van der Waals surface area contributed by atoms with Crippen LogP contribution in [0.4, 0.5) is 0 Å². The second-order valence-corrected chi connectivity index (χ2v) is 6.52. The zero-order chi connectivity index (χ0) is 16.7. The molecule has 2 aromatic heterocycles. The molecule has 6 heteroatoms. The maximum Gasteiger partial charge on any atom is 0.143 e.